The highest BCUT2D eigenvalue weighted by Crippen LogP contribution is 2.25. The molecule has 100 valence electrons. The molecule has 1 heterocycles. The predicted octanol–water partition coefficient (Wildman–Crippen LogP) is 2.25. The molecule has 1 aromatic rings. The Morgan fingerprint density at radius 1 is 1.39 bits per heavy atom. The van der Waals surface area contributed by atoms with Crippen molar-refractivity contribution in [3.8, 4) is 0 Å². The Bertz CT molecular complexity index is 453. The summed E-state index contributed by atoms with van der Waals surface area (Å²) in [5.74, 6) is -0.536. The van der Waals surface area contributed by atoms with E-state index in [2.05, 4.69) is 5.10 Å². The average Bonchev–Trinajstić information content (AvgIpc) is 2.59. The van der Waals surface area contributed by atoms with Gasteiger partial charge in [-0.3, -0.25) is 4.79 Å². The summed E-state index contributed by atoms with van der Waals surface area (Å²) in [6.07, 6.45) is 8.22. The summed E-state index contributed by atoms with van der Waals surface area (Å²) >= 11 is 0. The molecule has 1 fully saturated rings. The van der Waals surface area contributed by atoms with Gasteiger partial charge < -0.3 is 9.84 Å². The number of rotatable bonds is 3. The summed E-state index contributed by atoms with van der Waals surface area (Å²) in [4.78, 5) is 23.7. The van der Waals surface area contributed by atoms with Gasteiger partial charge in [0, 0.05) is 6.20 Å². The van der Waals surface area contributed by atoms with Gasteiger partial charge >= 0.3 is 5.97 Å². The van der Waals surface area contributed by atoms with Gasteiger partial charge in [0.1, 0.15) is 5.56 Å². The van der Waals surface area contributed by atoms with E-state index in [9.17, 15) is 9.59 Å². The van der Waals surface area contributed by atoms with Gasteiger partial charge in [0.15, 0.2) is 0 Å². The third-order valence-electron chi connectivity index (χ3n) is 3.48. The zero-order valence-electron chi connectivity index (χ0n) is 10.8. The van der Waals surface area contributed by atoms with Crippen LogP contribution >= 0.6 is 0 Å². The number of H-pyrrole nitrogens is 1. The molecule has 1 N–H and O–H groups in total. The summed E-state index contributed by atoms with van der Waals surface area (Å²) in [7, 11) is 0. The number of carbonyl (C=O) groups excluding carboxylic acids is 1. The predicted molar refractivity (Wildman–Crippen MR) is 67.7 cm³/mol. The Morgan fingerprint density at radius 3 is 2.67 bits per heavy atom. The van der Waals surface area contributed by atoms with Crippen LogP contribution in [-0.4, -0.2) is 22.4 Å². The normalized spacial score (nSPS) is 17.4. The second-order valence-electron chi connectivity index (χ2n) is 4.73. The molecule has 0 atom stereocenters. The van der Waals surface area contributed by atoms with E-state index in [1.807, 2.05) is 0 Å². The summed E-state index contributed by atoms with van der Waals surface area (Å²) < 4.78 is 6.46. The number of esters is 1. The molecule has 18 heavy (non-hydrogen) atoms. The van der Waals surface area contributed by atoms with E-state index < -0.39 is 5.97 Å². The van der Waals surface area contributed by atoms with Crippen molar-refractivity contribution < 1.29 is 9.53 Å². The van der Waals surface area contributed by atoms with E-state index in [4.69, 9.17) is 4.74 Å². The molecule has 5 nitrogen and oxygen atoms in total. The fourth-order valence-electron chi connectivity index (χ4n) is 2.53. The topological polar surface area (TPSA) is 64.1 Å². The van der Waals surface area contributed by atoms with Crippen LogP contribution in [0.15, 0.2) is 11.0 Å². The van der Waals surface area contributed by atoms with Crippen LogP contribution in [0.25, 0.3) is 0 Å². The summed E-state index contributed by atoms with van der Waals surface area (Å²) in [6.45, 7) is 2.02. The summed E-state index contributed by atoms with van der Waals surface area (Å²) in [6, 6.07) is 0.197. The monoisotopic (exact) mass is 252 g/mol. The first-order valence-corrected chi connectivity index (χ1v) is 6.71. The number of nitrogens with zero attached hydrogens (tertiary/aromatic N) is 1. The first-order valence-electron chi connectivity index (χ1n) is 6.71. The van der Waals surface area contributed by atoms with Crippen molar-refractivity contribution in [3.05, 3.63) is 22.1 Å². The van der Waals surface area contributed by atoms with Crippen molar-refractivity contribution in [1.82, 2.24) is 9.78 Å². The first-order chi connectivity index (χ1) is 8.74. The molecule has 0 unspecified atom stereocenters. The van der Waals surface area contributed by atoms with Crippen LogP contribution in [-0.2, 0) is 4.74 Å². The average molecular weight is 252 g/mol. The van der Waals surface area contributed by atoms with Crippen LogP contribution < -0.4 is 5.56 Å². The summed E-state index contributed by atoms with van der Waals surface area (Å²) in [5.41, 5.74) is -0.138. The van der Waals surface area contributed by atoms with E-state index in [0.29, 0.717) is 0 Å². The van der Waals surface area contributed by atoms with Crippen LogP contribution in [0.3, 0.4) is 0 Å². The van der Waals surface area contributed by atoms with Crippen LogP contribution in [0.1, 0.15) is 61.8 Å². The Kier molecular flexibility index (Phi) is 4.23. The molecule has 2 rings (SSSR count). The highest BCUT2D eigenvalue weighted by atomic mass is 16.5. The molecule has 0 spiro atoms. The first kappa shape index (κ1) is 12.9. The van der Waals surface area contributed by atoms with Gasteiger partial charge in [-0.2, -0.15) is 0 Å². The number of hydrogen-bond donors (Lipinski definition) is 1. The fraction of sp³-hybridized carbons (Fsp3) is 0.692. The Labute approximate surface area is 106 Å². The van der Waals surface area contributed by atoms with Crippen LogP contribution in [0.4, 0.5) is 0 Å². The Morgan fingerprint density at radius 2 is 2.06 bits per heavy atom. The van der Waals surface area contributed by atoms with Gasteiger partial charge in [0.25, 0.3) is 5.56 Å². The van der Waals surface area contributed by atoms with E-state index >= 15 is 0 Å². The molecule has 0 aliphatic heterocycles. The lowest BCUT2D eigenvalue weighted by atomic mass is 10.1. The van der Waals surface area contributed by atoms with Crippen LogP contribution in [0, 0.1) is 0 Å². The van der Waals surface area contributed by atoms with Gasteiger partial charge in [-0.15, -0.1) is 0 Å². The molecule has 0 bridgehead atoms. The lowest BCUT2D eigenvalue weighted by molar-refractivity contribution is 0.0524. The van der Waals surface area contributed by atoms with Gasteiger partial charge in [-0.05, 0) is 19.8 Å². The lowest BCUT2D eigenvalue weighted by Gasteiger charge is -2.14. The van der Waals surface area contributed by atoms with Crippen molar-refractivity contribution >= 4 is 5.97 Å². The van der Waals surface area contributed by atoms with Crippen LogP contribution in [0.5, 0.6) is 0 Å². The fourth-order valence-corrected chi connectivity index (χ4v) is 2.53. The Hall–Kier alpha value is -1.52. The molecule has 1 saturated carbocycles. The number of carbonyl (C=O) groups is 1. The quantitative estimate of drug-likeness (QED) is 0.663. The van der Waals surface area contributed by atoms with Crippen molar-refractivity contribution in [2.45, 2.75) is 51.5 Å². The zero-order valence-corrected chi connectivity index (χ0v) is 10.8. The minimum Gasteiger partial charge on any atom is -0.462 e. The standard InChI is InChI=1S/C13H20N2O3/c1-2-18-13(17)11-9-14-15(12(11)16)10-7-5-3-4-6-8-10/h9-10,14H,2-8H2,1H3. The molecule has 0 radical (unpaired) electrons. The van der Waals surface area contributed by atoms with E-state index in [1.165, 1.54) is 19.0 Å². The molecule has 0 saturated heterocycles. The van der Waals surface area contributed by atoms with Crippen molar-refractivity contribution in [2.75, 3.05) is 6.61 Å². The molecule has 1 aliphatic rings. The third kappa shape index (κ3) is 2.66. The summed E-state index contributed by atoms with van der Waals surface area (Å²) in [5, 5.41) is 2.91. The third-order valence-corrected chi connectivity index (χ3v) is 3.48. The molecule has 5 heteroatoms. The smallest absolute Gasteiger partial charge is 0.345 e. The van der Waals surface area contributed by atoms with Gasteiger partial charge in [0.2, 0.25) is 0 Å². The maximum absolute atomic E-state index is 12.1. The van der Waals surface area contributed by atoms with Gasteiger partial charge in [-0.25, -0.2) is 9.48 Å². The van der Waals surface area contributed by atoms with Crippen molar-refractivity contribution in [3.63, 3.8) is 0 Å². The largest absolute Gasteiger partial charge is 0.462 e. The Balaban J connectivity index is 2.19. The molecular formula is C13H20N2O3. The number of nitrogens with one attached hydrogen (secondary N) is 1. The van der Waals surface area contributed by atoms with Gasteiger partial charge in [-0.1, -0.05) is 25.7 Å². The SMILES string of the molecule is CCOC(=O)c1c[nH]n(C2CCCCCC2)c1=O. The van der Waals surface area contributed by atoms with Crippen molar-refractivity contribution in [1.29, 1.82) is 0 Å². The van der Waals surface area contributed by atoms with Crippen molar-refractivity contribution in [2.24, 2.45) is 0 Å². The number of ether oxygens (including phenoxy) is 1. The van der Waals surface area contributed by atoms with Crippen LogP contribution in [0.2, 0.25) is 0 Å². The second-order valence-corrected chi connectivity index (χ2v) is 4.73. The minimum atomic E-state index is -0.536. The van der Waals surface area contributed by atoms with E-state index in [0.717, 1.165) is 25.7 Å². The lowest BCUT2D eigenvalue weighted by Crippen LogP contribution is -2.26. The number of aromatic nitrogens is 2. The second kappa shape index (κ2) is 5.89. The maximum Gasteiger partial charge on any atom is 0.345 e. The molecule has 1 aromatic heterocycles. The maximum atomic E-state index is 12.1. The number of hydrogen-bond acceptors (Lipinski definition) is 3. The van der Waals surface area contributed by atoms with Gasteiger partial charge in [0.05, 0.1) is 12.6 Å². The number of aromatic amines is 1. The highest BCUT2D eigenvalue weighted by molar-refractivity contribution is 5.88. The van der Waals surface area contributed by atoms with E-state index in [1.54, 1.807) is 11.6 Å². The van der Waals surface area contributed by atoms with E-state index in [-0.39, 0.29) is 23.8 Å². The molecule has 0 amide bonds. The zero-order chi connectivity index (χ0) is 13.0. The molecule has 0 aromatic carbocycles. The molecule has 1 aliphatic carbocycles. The minimum absolute atomic E-state index is 0.112. The highest BCUT2D eigenvalue weighted by Gasteiger charge is 2.21. The molecular weight excluding hydrogens is 232 g/mol.